The van der Waals surface area contributed by atoms with Gasteiger partial charge in [0.1, 0.15) is 11.9 Å². The minimum atomic E-state index is -4.35. The van der Waals surface area contributed by atoms with Gasteiger partial charge in [0, 0.05) is 41.7 Å². The number of likely N-dealkylation sites (tertiary alicyclic amines) is 1. The first-order valence-corrected chi connectivity index (χ1v) is 13.9. The van der Waals surface area contributed by atoms with Crippen molar-refractivity contribution in [2.24, 2.45) is 11.8 Å². The van der Waals surface area contributed by atoms with Gasteiger partial charge in [-0.2, -0.15) is 13.2 Å². The number of rotatable bonds is 11. The van der Waals surface area contributed by atoms with Crippen molar-refractivity contribution in [3.05, 3.63) is 65.9 Å². The van der Waals surface area contributed by atoms with Crippen molar-refractivity contribution in [3.63, 3.8) is 0 Å². The maximum atomic E-state index is 15.5. The Morgan fingerprint density at radius 1 is 1.18 bits per heavy atom. The van der Waals surface area contributed by atoms with Crippen molar-refractivity contribution in [3.8, 4) is 5.75 Å². The summed E-state index contributed by atoms with van der Waals surface area (Å²) in [4.78, 5) is 18.9. The highest BCUT2D eigenvalue weighted by atomic mass is 32.2. The molecule has 0 aliphatic carbocycles. The highest BCUT2D eigenvalue weighted by Crippen LogP contribution is 2.36. The van der Waals surface area contributed by atoms with E-state index in [0.29, 0.717) is 53.9 Å². The molecule has 0 spiro atoms. The fourth-order valence-electron chi connectivity index (χ4n) is 5.29. The van der Waals surface area contributed by atoms with Gasteiger partial charge in [-0.1, -0.05) is 0 Å². The Morgan fingerprint density at radius 3 is 2.64 bits per heavy atom. The summed E-state index contributed by atoms with van der Waals surface area (Å²) in [6, 6.07) is 12.2. The molecule has 10 heteroatoms. The summed E-state index contributed by atoms with van der Waals surface area (Å²) < 4.78 is 59.1. The first-order valence-electron chi connectivity index (χ1n) is 12.9. The summed E-state index contributed by atoms with van der Waals surface area (Å²) in [5.41, 5.74) is 0.589. The number of aromatic nitrogens is 1. The van der Waals surface area contributed by atoms with Crippen LogP contribution in [0.3, 0.4) is 0 Å². The number of fused-ring (bicyclic) bond motifs is 1. The van der Waals surface area contributed by atoms with E-state index in [1.807, 2.05) is 0 Å². The second kappa shape index (κ2) is 13.0. The Kier molecular flexibility index (Phi) is 9.71. The average Bonchev–Trinajstić information content (AvgIpc) is 2.91. The molecule has 4 rings (SSSR count). The van der Waals surface area contributed by atoms with Gasteiger partial charge < -0.3 is 14.7 Å². The molecule has 1 N–H and O–H groups in total. The lowest BCUT2D eigenvalue weighted by atomic mass is 9.79. The van der Waals surface area contributed by atoms with Crippen LogP contribution in [0.4, 0.5) is 17.6 Å². The third kappa shape index (κ3) is 7.85. The van der Waals surface area contributed by atoms with E-state index in [4.69, 9.17) is 4.74 Å². The number of aliphatic carboxylic acids is 1. The van der Waals surface area contributed by atoms with E-state index in [-0.39, 0.29) is 18.3 Å². The summed E-state index contributed by atoms with van der Waals surface area (Å²) in [5.74, 6) is 0.458. The van der Waals surface area contributed by atoms with Gasteiger partial charge in [-0.25, -0.2) is 4.39 Å². The van der Waals surface area contributed by atoms with E-state index < -0.39 is 23.9 Å². The predicted octanol–water partition coefficient (Wildman–Crippen LogP) is 7.26. The van der Waals surface area contributed by atoms with Crippen LogP contribution in [0.25, 0.3) is 10.9 Å². The second-order valence-electron chi connectivity index (χ2n) is 9.91. The quantitative estimate of drug-likeness (QED) is 0.195. The van der Waals surface area contributed by atoms with Crippen molar-refractivity contribution >= 4 is 28.6 Å². The summed E-state index contributed by atoms with van der Waals surface area (Å²) >= 11 is 1.48. The van der Waals surface area contributed by atoms with Crippen LogP contribution in [0.15, 0.2) is 59.6 Å². The topological polar surface area (TPSA) is 62.7 Å². The Balaban J connectivity index is 1.32. The van der Waals surface area contributed by atoms with Gasteiger partial charge in [0.2, 0.25) is 0 Å². The molecule has 2 heterocycles. The normalized spacial score (nSPS) is 19.2. The number of pyridine rings is 1. The van der Waals surface area contributed by atoms with E-state index in [0.717, 1.165) is 30.0 Å². The lowest BCUT2D eigenvalue weighted by molar-refractivity contribution is -0.139. The van der Waals surface area contributed by atoms with Crippen LogP contribution in [-0.2, 0) is 11.0 Å². The number of thioether (sulfide) groups is 1. The van der Waals surface area contributed by atoms with Crippen LogP contribution in [0.2, 0.25) is 0 Å². The third-order valence-corrected chi connectivity index (χ3v) is 8.37. The number of methoxy groups -OCH3 is 1. The number of piperidine rings is 1. The first kappa shape index (κ1) is 29.1. The Hall–Kier alpha value is -2.85. The van der Waals surface area contributed by atoms with Gasteiger partial charge in [0.15, 0.2) is 0 Å². The zero-order chi connectivity index (χ0) is 28.0. The number of carboxylic acid groups (broad SMARTS) is 1. The van der Waals surface area contributed by atoms with Crippen LogP contribution in [0.1, 0.15) is 43.0 Å². The average molecular weight is 565 g/mol. The molecule has 2 aromatic carbocycles. The number of nitrogens with zero attached hydrogens (tertiary/aromatic N) is 2. The molecular weight excluding hydrogens is 532 g/mol. The standard InChI is InChI=1S/C29H32F4N2O3S/c1-38-22-5-9-27-25(17-22)24(10-12-34-27)26(30)8-2-19-11-13-35(18-20(19)16-28(36)37)14-15-39-23-6-3-21(4-7-23)29(31,32)33/h3-7,9-10,12,17,19-20,26H,2,8,11,13-16,18H2,1H3,(H,36,37)/t19-,20+,26?/m1/s1. The highest BCUT2D eigenvalue weighted by Gasteiger charge is 2.32. The van der Waals surface area contributed by atoms with Crippen molar-refractivity contribution in [2.75, 3.05) is 32.5 Å². The zero-order valence-electron chi connectivity index (χ0n) is 21.7. The number of benzene rings is 2. The number of hydrogen-bond acceptors (Lipinski definition) is 5. The van der Waals surface area contributed by atoms with E-state index >= 15 is 4.39 Å². The molecule has 1 unspecified atom stereocenters. The molecule has 3 atom stereocenters. The van der Waals surface area contributed by atoms with Crippen molar-refractivity contribution < 1.29 is 32.2 Å². The number of carboxylic acids is 1. The molecule has 1 fully saturated rings. The molecule has 1 saturated heterocycles. The number of halogens is 4. The van der Waals surface area contributed by atoms with Crippen LogP contribution in [0.5, 0.6) is 5.75 Å². The second-order valence-corrected chi connectivity index (χ2v) is 11.1. The summed E-state index contributed by atoms with van der Waals surface area (Å²) in [7, 11) is 1.56. The molecule has 0 radical (unpaired) electrons. The Bertz CT molecular complexity index is 1260. The summed E-state index contributed by atoms with van der Waals surface area (Å²) in [6.45, 7) is 2.09. The molecule has 1 aliphatic rings. The first-order chi connectivity index (χ1) is 18.6. The van der Waals surface area contributed by atoms with Gasteiger partial charge in [-0.15, -0.1) is 11.8 Å². The third-order valence-electron chi connectivity index (χ3n) is 7.38. The van der Waals surface area contributed by atoms with Crippen LogP contribution < -0.4 is 4.74 Å². The summed E-state index contributed by atoms with van der Waals surface area (Å²) in [5, 5.41) is 10.2. The van der Waals surface area contributed by atoms with Gasteiger partial charge in [-0.3, -0.25) is 9.78 Å². The van der Waals surface area contributed by atoms with Crippen LogP contribution in [0, 0.1) is 11.8 Å². The lowest BCUT2D eigenvalue weighted by Crippen LogP contribution is -2.42. The van der Waals surface area contributed by atoms with Crippen molar-refractivity contribution in [2.45, 2.75) is 42.9 Å². The molecule has 0 bridgehead atoms. The van der Waals surface area contributed by atoms with Gasteiger partial charge in [0.05, 0.1) is 18.2 Å². The Morgan fingerprint density at radius 2 is 1.95 bits per heavy atom. The molecule has 5 nitrogen and oxygen atoms in total. The number of ether oxygens (including phenoxy) is 1. The smallest absolute Gasteiger partial charge is 0.416 e. The van der Waals surface area contributed by atoms with Gasteiger partial charge in [0.25, 0.3) is 0 Å². The van der Waals surface area contributed by atoms with Gasteiger partial charge in [-0.05, 0) is 91.7 Å². The van der Waals surface area contributed by atoms with E-state index in [1.165, 1.54) is 23.9 Å². The van der Waals surface area contributed by atoms with Crippen LogP contribution in [-0.4, -0.2) is 53.5 Å². The fraction of sp³-hybridized carbons (Fsp3) is 0.448. The fourth-order valence-corrected chi connectivity index (χ4v) is 6.20. The van der Waals surface area contributed by atoms with Crippen molar-refractivity contribution in [1.29, 1.82) is 0 Å². The van der Waals surface area contributed by atoms with Crippen LogP contribution >= 0.6 is 11.8 Å². The van der Waals surface area contributed by atoms with E-state index in [2.05, 4.69) is 9.88 Å². The van der Waals surface area contributed by atoms with E-state index in [9.17, 15) is 23.1 Å². The molecule has 1 aromatic heterocycles. The van der Waals surface area contributed by atoms with E-state index in [1.54, 1.807) is 37.6 Å². The SMILES string of the molecule is COc1ccc2nccc(C(F)CC[C@@H]3CCN(CCSc4ccc(C(F)(F)F)cc4)C[C@@H]3CC(=O)O)c2c1. The maximum Gasteiger partial charge on any atom is 0.416 e. The molecule has 1 aliphatic heterocycles. The van der Waals surface area contributed by atoms with Crippen molar-refractivity contribution in [1.82, 2.24) is 9.88 Å². The molecular formula is C29H32F4N2O3S. The van der Waals surface area contributed by atoms with Gasteiger partial charge >= 0.3 is 12.1 Å². The number of alkyl halides is 4. The molecule has 39 heavy (non-hydrogen) atoms. The minimum absolute atomic E-state index is 0.0273. The predicted molar refractivity (Wildman–Crippen MR) is 144 cm³/mol. The molecule has 3 aromatic rings. The molecule has 0 amide bonds. The number of hydrogen-bond donors (Lipinski definition) is 1. The molecule has 0 saturated carbocycles. The lowest BCUT2D eigenvalue weighted by Gasteiger charge is -2.38. The monoisotopic (exact) mass is 564 g/mol. The molecule has 210 valence electrons. The minimum Gasteiger partial charge on any atom is -0.497 e. The Labute approximate surface area is 229 Å². The largest absolute Gasteiger partial charge is 0.497 e. The highest BCUT2D eigenvalue weighted by molar-refractivity contribution is 7.99. The zero-order valence-corrected chi connectivity index (χ0v) is 22.5. The maximum absolute atomic E-state index is 15.5. The summed E-state index contributed by atoms with van der Waals surface area (Å²) in [6.07, 6.45) is -2.27. The number of carbonyl (C=O) groups is 1.